The molecule has 0 saturated carbocycles. The van der Waals surface area contributed by atoms with E-state index >= 15 is 0 Å². The maximum Gasteiger partial charge on any atom is 0.160 e. The summed E-state index contributed by atoms with van der Waals surface area (Å²) in [7, 11) is 0. The quantitative estimate of drug-likeness (QED) is 0.169. The van der Waals surface area contributed by atoms with E-state index in [0.717, 1.165) is 44.9 Å². The lowest BCUT2D eigenvalue weighted by molar-refractivity contribution is 0.794. The van der Waals surface area contributed by atoms with Gasteiger partial charge in [-0.3, -0.25) is 4.98 Å². The molecule has 0 bridgehead atoms. The van der Waals surface area contributed by atoms with E-state index in [-0.39, 0.29) is 5.41 Å². The molecule has 284 valence electrons. The van der Waals surface area contributed by atoms with Crippen LogP contribution in [-0.2, 0) is 5.41 Å². The predicted molar refractivity (Wildman–Crippen MR) is 249 cm³/mol. The molecule has 1 spiro atoms. The van der Waals surface area contributed by atoms with E-state index in [1.807, 2.05) is 42.6 Å². The minimum absolute atomic E-state index is 0.368. The first-order chi connectivity index (χ1) is 30.2. The molecule has 2 aromatic heterocycles. The Morgan fingerprint density at radius 1 is 0.279 bits per heavy atom. The molecular weight excluding hydrogens is 739 g/mol. The van der Waals surface area contributed by atoms with Crippen LogP contribution in [0.3, 0.4) is 0 Å². The molecule has 0 aliphatic heterocycles. The van der Waals surface area contributed by atoms with Gasteiger partial charge in [0.2, 0.25) is 0 Å². The second kappa shape index (κ2) is 14.1. The number of rotatable bonds is 6. The summed E-state index contributed by atoms with van der Waals surface area (Å²) >= 11 is 0. The zero-order valence-electron chi connectivity index (χ0n) is 33.2. The van der Waals surface area contributed by atoms with E-state index in [0.29, 0.717) is 5.82 Å². The van der Waals surface area contributed by atoms with Crippen molar-refractivity contribution in [2.45, 2.75) is 5.41 Å². The van der Waals surface area contributed by atoms with E-state index in [2.05, 4.69) is 187 Å². The SMILES string of the molecule is c1ccc(-c2nc(-c3ccc(-c4cccc(-c5cccc6c5-c5ccccc5C65c6ccccc6-c6ccccc65)c4)cc3)cc(-c3ccc(-c4ccccn4)cc3)n2)cc1. The molecule has 0 N–H and O–H groups in total. The standard InChI is InChI=1S/C58H37N3/c1-2-14-42(15-3-1)57-60-54(37-55(61-57)41-33-31-39(32-34-41)53-26-10-11-35-59-53)40-29-27-38(28-30-40)43-16-12-17-44(36-43)45-21-13-25-52-56(45)48-20-6-9-24-51(48)58(52)49-22-7-4-18-46(49)47-19-5-8-23-50(47)58/h1-37H. The maximum absolute atomic E-state index is 5.11. The fourth-order valence-electron chi connectivity index (χ4n) is 9.89. The van der Waals surface area contributed by atoms with E-state index in [9.17, 15) is 0 Å². The summed E-state index contributed by atoms with van der Waals surface area (Å²) in [6, 6.07) is 78.5. The summed E-state index contributed by atoms with van der Waals surface area (Å²) in [6.45, 7) is 0. The van der Waals surface area contributed by atoms with Gasteiger partial charge in [-0.1, -0.05) is 194 Å². The zero-order valence-corrected chi connectivity index (χ0v) is 33.2. The number of nitrogens with zero attached hydrogens (tertiary/aromatic N) is 3. The topological polar surface area (TPSA) is 38.7 Å². The molecule has 12 rings (SSSR count). The third kappa shape index (κ3) is 5.55. The number of aromatic nitrogens is 3. The normalized spacial score (nSPS) is 12.7. The number of benzene rings is 8. The summed E-state index contributed by atoms with van der Waals surface area (Å²) in [5.74, 6) is 0.696. The van der Waals surface area contributed by atoms with Crippen molar-refractivity contribution in [3.05, 3.63) is 247 Å². The smallest absolute Gasteiger partial charge is 0.160 e. The van der Waals surface area contributed by atoms with Gasteiger partial charge in [0.1, 0.15) is 0 Å². The predicted octanol–water partition coefficient (Wildman–Crippen LogP) is 14.2. The van der Waals surface area contributed by atoms with Crippen molar-refractivity contribution < 1.29 is 0 Å². The van der Waals surface area contributed by atoms with Gasteiger partial charge in [0, 0.05) is 28.5 Å². The van der Waals surface area contributed by atoms with Gasteiger partial charge in [-0.2, -0.15) is 0 Å². The average molecular weight is 776 g/mol. The molecule has 3 heteroatoms. The van der Waals surface area contributed by atoms with Crippen molar-refractivity contribution in [3.8, 4) is 89.7 Å². The molecule has 0 fully saturated rings. The van der Waals surface area contributed by atoms with Crippen LogP contribution in [0.5, 0.6) is 0 Å². The zero-order chi connectivity index (χ0) is 40.3. The third-order valence-corrected chi connectivity index (χ3v) is 12.6. The van der Waals surface area contributed by atoms with Crippen LogP contribution in [0.25, 0.3) is 89.7 Å². The second-order valence-electron chi connectivity index (χ2n) is 15.9. The maximum atomic E-state index is 5.11. The van der Waals surface area contributed by atoms with Crippen molar-refractivity contribution in [2.75, 3.05) is 0 Å². The molecule has 0 atom stereocenters. The minimum Gasteiger partial charge on any atom is -0.256 e. The lowest BCUT2D eigenvalue weighted by Crippen LogP contribution is -2.25. The summed E-state index contributed by atoms with van der Waals surface area (Å²) in [4.78, 5) is 14.7. The fourth-order valence-corrected chi connectivity index (χ4v) is 9.89. The van der Waals surface area contributed by atoms with Crippen molar-refractivity contribution in [3.63, 3.8) is 0 Å². The molecule has 0 radical (unpaired) electrons. The number of hydrogen-bond donors (Lipinski definition) is 0. The molecule has 2 aliphatic carbocycles. The molecule has 2 heterocycles. The largest absolute Gasteiger partial charge is 0.256 e. The van der Waals surface area contributed by atoms with Crippen molar-refractivity contribution in [1.82, 2.24) is 15.0 Å². The van der Waals surface area contributed by atoms with Crippen LogP contribution in [0.4, 0.5) is 0 Å². The summed E-state index contributed by atoms with van der Waals surface area (Å²) in [5.41, 5.74) is 21.9. The molecule has 3 nitrogen and oxygen atoms in total. The van der Waals surface area contributed by atoms with E-state index in [1.54, 1.807) is 0 Å². The van der Waals surface area contributed by atoms with Gasteiger partial charge in [0.25, 0.3) is 0 Å². The molecule has 0 unspecified atom stereocenters. The fraction of sp³-hybridized carbons (Fsp3) is 0.0172. The highest BCUT2D eigenvalue weighted by Gasteiger charge is 2.51. The van der Waals surface area contributed by atoms with Crippen LogP contribution in [0, 0.1) is 0 Å². The summed E-state index contributed by atoms with van der Waals surface area (Å²) < 4.78 is 0. The van der Waals surface area contributed by atoms with Crippen LogP contribution in [0.1, 0.15) is 22.3 Å². The first-order valence-electron chi connectivity index (χ1n) is 20.8. The van der Waals surface area contributed by atoms with E-state index in [4.69, 9.17) is 9.97 Å². The first kappa shape index (κ1) is 35.0. The highest BCUT2D eigenvalue weighted by atomic mass is 14.9. The highest BCUT2D eigenvalue weighted by molar-refractivity contribution is 6.00. The van der Waals surface area contributed by atoms with Gasteiger partial charge in [0.15, 0.2) is 5.82 Å². The Hall–Kier alpha value is -8.01. The van der Waals surface area contributed by atoms with Crippen LogP contribution >= 0.6 is 0 Å². The van der Waals surface area contributed by atoms with Gasteiger partial charge in [-0.15, -0.1) is 0 Å². The van der Waals surface area contributed by atoms with Gasteiger partial charge < -0.3 is 0 Å². The van der Waals surface area contributed by atoms with Crippen LogP contribution in [-0.4, -0.2) is 15.0 Å². The van der Waals surface area contributed by atoms with Crippen molar-refractivity contribution in [2.24, 2.45) is 0 Å². The van der Waals surface area contributed by atoms with Crippen molar-refractivity contribution >= 4 is 0 Å². The lowest BCUT2D eigenvalue weighted by Gasteiger charge is -2.30. The molecule has 0 saturated heterocycles. The average Bonchev–Trinajstić information content (AvgIpc) is 3.82. The Kier molecular flexibility index (Phi) is 8.07. The van der Waals surface area contributed by atoms with Gasteiger partial charge in [-0.25, -0.2) is 9.97 Å². The molecule has 0 amide bonds. The monoisotopic (exact) mass is 775 g/mol. The van der Waals surface area contributed by atoms with E-state index < -0.39 is 0 Å². The minimum atomic E-state index is -0.368. The number of pyridine rings is 1. The Morgan fingerprint density at radius 2 is 0.754 bits per heavy atom. The number of hydrogen-bond acceptors (Lipinski definition) is 3. The van der Waals surface area contributed by atoms with Gasteiger partial charge in [0.05, 0.1) is 22.5 Å². The lowest BCUT2D eigenvalue weighted by atomic mass is 9.70. The van der Waals surface area contributed by atoms with Gasteiger partial charge >= 0.3 is 0 Å². The Bertz CT molecular complexity index is 3230. The molecule has 2 aliphatic rings. The summed E-state index contributed by atoms with van der Waals surface area (Å²) in [5, 5.41) is 0. The first-order valence-corrected chi connectivity index (χ1v) is 20.8. The Balaban J connectivity index is 0.926. The Labute approximate surface area is 355 Å². The molecular formula is C58H37N3. The van der Waals surface area contributed by atoms with Crippen LogP contribution in [0.2, 0.25) is 0 Å². The second-order valence-corrected chi connectivity index (χ2v) is 15.9. The summed E-state index contributed by atoms with van der Waals surface area (Å²) in [6.07, 6.45) is 1.82. The third-order valence-electron chi connectivity index (χ3n) is 12.6. The van der Waals surface area contributed by atoms with Crippen LogP contribution < -0.4 is 0 Å². The number of fused-ring (bicyclic) bond motifs is 10. The van der Waals surface area contributed by atoms with Crippen LogP contribution in [0.15, 0.2) is 225 Å². The van der Waals surface area contributed by atoms with E-state index in [1.165, 1.54) is 61.2 Å². The Morgan fingerprint density at radius 3 is 1.39 bits per heavy atom. The highest BCUT2D eigenvalue weighted by Crippen LogP contribution is 2.63. The molecule has 8 aromatic carbocycles. The molecule has 10 aromatic rings. The van der Waals surface area contributed by atoms with Crippen molar-refractivity contribution in [1.29, 1.82) is 0 Å². The van der Waals surface area contributed by atoms with Gasteiger partial charge in [-0.05, 0) is 91.0 Å². The molecule has 61 heavy (non-hydrogen) atoms.